The second-order valence-electron chi connectivity index (χ2n) is 6.00. The summed E-state index contributed by atoms with van der Waals surface area (Å²) in [6, 6.07) is 10.2. The van der Waals surface area contributed by atoms with Crippen molar-refractivity contribution in [2.45, 2.75) is 19.3 Å². The highest BCUT2D eigenvalue weighted by Crippen LogP contribution is 2.28. The lowest BCUT2D eigenvalue weighted by atomic mass is 9.89. The molecule has 0 spiro atoms. The summed E-state index contributed by atoms with van der Waals surface area (Å²) in [5, 5.41) is 4.57. The molecule has 0 atom stereocenters. The Morgan fingerprint density at radius 3 is 2.64 bits per heavy atom. The largest absolute Gasteiger partial charge is 0.383 e. The number of carbonyl (C=O) groups excluding carboxylic acids is 1. The average Bonchev–Trinajstić information content (AvgIpc) is 2.80. The number of nitrogens with zero attached hydrogens (tertiary/aromatic N) is 3. The molecule has 114 valence electrons. The van der Waals surface area contributed by atoms with Crippen LogP contribution in [0.25, 0.3) is 0 Å². The van der Waals surface area contributed by atoms with Crippen LogP contribution in [0, 0.1) is 0 Å². The number of aryl methyl sites for hydroxylation is 2. The molecule has 4 heteroatoms. The molecule has 4 nitrogen and oxygen atoms in total. The number of benzene rings is 1. The summed E-state index contributed by atoms with van der Waals surface area (Å²) in [4.78, 5) is 14.8. The van der Waals surface area contributed by atoms with Crippen LogP contribution < -0.4 is 0 Å². The van der Waals surface area contributed by atoms with Crippen molar-refractivity contribution in [1.29, 1.82) is 0 Å². The quantitative estimate of drug-likeness (QED) is 0.817. The third-order valence-corrected chi connectivity index (χ3v) is 4.02. The van der Waals surface area contributed by atoms with E-state index in [-0.39, 0.29) is 5.78 Å². The van der Waals surface area contributed by atoms with Gasteiger partial charge in [-0.3, -0.25) is 9.48 Å². The molecule has 0 fully saturated rings. The van der Waals surface area contributed by atoms with Gasteiger partial charge in [-0.15, -0.1) is 0 Å². The summed E-state index contributed by atoms with van der Waals surface area (Å²) >= 11 is 0. The van der Waals surface area contributed by atoms with Crippen molar-refractivity contribution in [2.24, 2.45) is 7.05 Å². The highest BCUT2D eigenvalue weighted by atomic mass is 16.1. The Morgan fingerprint density at radius 2 is 1.95 bits per heavy atom. The van der Waals surface area contributed by atoms with Gasteiger partial charge in [-0.05, 0) is 18.4 Å². The Labute approximate surface area is 131 Å². The molecule has 0 amide bonds. The first-order chi connectivity index (χ1) is 10.6. The van der Waals surface area contributed by atoms with Crippen molar-refractivity contribution in [1.82, 2.24) is 14.7 Å². The van der Waals surface area contributed by atoms with E-state index in [1.807, 2.05) is 55.1 Å². The Bertz CT molecular complexity index is 726. The van der Waals surface area contributed by atoms with Crippen molar-refractivity contribution in [2.75, 3.05) is 14.1 Å². The number of hydrogen-bond acceptors (Lipinski definition) is 3. The summed E-state index contributed by atoms with van der Waals surface area (Å²) < 4.78 is 1.87. The minimum atomic E-state index is 0.133. The van der Waals surface area contributed by atoms with Gasteiger partial charge < -0.3 is 4.90 Å². The predicted octanol–water partition coefficient (Wildman–Crippen LogP) is 2.59. The third-order valence-electron chi connectivity index (χ3n) is 4.02. The molecular weight excluding hydrogens is 274 g/mol. The molecule has 0 saturated heterocycles. The van der Waals surface area contributed by atoms with Crippen LogP contribution in [-0.2, 0) is 19.9 Å². The number of rotatable bonds is 3. The zero-order chi connectivity index (χ0) is 15.7. The Balaban J connectivity index is 2.01. The van der Waals surface area contributed by atoms with Gasteiger partial charge in [0.25, 0.3) is 0 Å². The maximum absolute atomic E-state index is 12.8. The lowest BCUT2D eigenvalue weighted by molar-refractivity contribution is 0.102. The van der Waals surface area contributed by atoms with Gasteiger partial charge in [0.1, 0.15) is 0 Å². The van der Waals surface area contributed by atoms with E-state index in [0.717, 1.165) is 41.8 Å². The number of allylic oxidation sites excluding steroid dienone is 1. The maximum Gasteiger partial charge on any atom is 0.194 e. The summed E-state index contributed by atoms with van der Waals surface area (Å²) in [6.07, 6.45) is 4.28. The zero-order valence-electron chi connectivity index (χ0n) is 13.3. The van der Waals surface area contributed by atoms with Crippen LogP contribution in [-0.4, -0.2) is 34.6 Å². The number of aromatic nitrogens is 2. The van der Waals surface area contributed by atoms with Gasteiger partial charge >= 0.3 is 0 Å². The number of hydrogen-bond donors (Lipinski definition) is 0. The van der Waals surface area contributed by atoms with Crippen LogP contribution in [0.1, 0.15) is 33.7 Å². The number of fused-ring (bicyclic) bond motifs is 1. The first kappa shape index (κ1) is 14.6. The lowest BCUT2D eigenvalue weighted by Crippen LogP contribution is -2.17. The van der Waals surface area contributed by atoms with Crippen LogP contribution in [0.4, 0.5) is 0 Å². The van der Waals surface area contributed by atoms with E-state index >= 15 is 0 Å². The first-order valence-corrected chi connectivity index (χ1v) is 7.56. The van der Waals surface area contributed by atoms with Gasteiger partial charge in [-0.25, -0.2) is 0 Å². The monoisotopic (exact) mass is 295 g/mol. The van der Waals surface area contributed by atoms with Crippen molar-refractivity contribution in [3.63, 3.8) is 0 Å². The summed E-state index contributed by atoms with van der Waals surface area (Å²) in [7, 11) is 5.83. The van der Waals surface area contributed by atoms with Gasteiger partial charge in [0.15, 0.2) is 5.78 Å². The molecule has 2 aromatic rings. The highest BCUT2D eigenvalue weighted by Gasteiger charge is 2.29. The molecule has 0 saturated carbocycles. The summed E-state index contributed by atoms with van der Waals surface area (Å²) in [5.41, 5.74) is 4.83. The average molecular weight is 295 g/mol. The van der Waals surface area contributed by atoms with Gasteiger partial charge in [0.2, 0.25) is 0 Å². The predicted molar refractivity (Wildman–Crippen MR) is 86.9 cm³/mol. The van der Waals surface area contributed by atoms with Crippen LogP contribution in [0.5, 0.6) is 0 Å². The Hall–Kier alpha value is -2.36. The molecule has 1 aromatic carbocycles. The second kappa shape index (κ2) is 5.79. The second-order valence-corrected chi connectivity index (χ2v) is 6.00. The fraction of sp³-hybridized carbons (Fsp3) is 0.333. The van der Waals surface area contributed by atoms with Gasteiger partial charge in [0.05, 0.1) is 17.0 Å². The van der Waals surface area contributed by atoms with E-state index < -0.39 is 0 Å². The van der Waals surface area contributed by atoms with E-state index in [4.69, 9.17) is 0 Å². The maximum atomic E-state index is 12.8. The smallest absolute Gasteiger partial charge is 0.194 e. The van der Waals surface area contributed by atoms with Crippen LogP contribution in [0.3, 0.4) is 0 Å². The number of carbonyl (C=O) groups is 1. The van der Waals surface area contributed by atoms with Crippen molar-refractivity contribution in [3.8, 4) is 0 Å². The van der Waals surface area contributed by atoms with E-state index in [2.05, 4.69) is 17.2 Å². The number of Topliss-reactive ketones (excluding diaryl/α,β-unsaturated/α-hetero) is 1. The summed E-state index contributed by atoms with van der Waals surface area (Å²) in [6.45, 7) is 0. The third kappa shape index (κ3) is 2.69. The van der Waals surface area contributed by atoms with Gasteiger partial charge in [-0.1, -0.05) is 30.3 Å². The van der Waals surface area contributed by atoms with Gasteiger partial charge in [0, 0.05) is 39.3 Å². The standard InChI is InChI=1S/C18H21N3O/c1-20(2)12-14-9-10-15-17(18(14)22)16(21(3)19-15)11-13-7-5-4-6-8-13/h4-8,12H,9-11H2,1-3H3. The topological polar surface area (TPSA) is 38.1 Å². The molecule has 0 aliphatic heterocycles. The normalized spacial score (nSPS) is 16.0. The SMILES string of the molecule is CN(C)C=C1CCc2nn(C)c(Cc3ccccc3)c2C1=O. The fourth-order valence-electron chi connectivity index (χ4n) is 3.01. The van der Waals surface area contributed by atoms with E-state index in [9.17, 15) is 4.79 Å². The molecule has 1 heterocycles. The van der Waals surface area contributed by atoms with Crippen LogP contribution in [0.15, 0.2) is 42.1 Å². The van der Waals surface area contributed by atoms with Gasteiger partial charge in [-0.2, -0.15) is 5.10 Å². The van der Waals surface area contributed by atoms with Crippen molar-refractivity contribution < 1.29 is 4.79 Å². The number of ketones is 1. The van der Waals surface area contributed by atoms with Crippen LogP contribution >= 0.6 is 0 Å². The summed E-state index contributed by atoms with van der Waals surface area (Å²) in [5.74, 6) is 0.133. The Kier molecular flexibility index (Phi) is 3.84. The molecule has 22 heavy (non-hydrogen) atoms. The first-order valence-electron chi connectivity index (χ1n) is 7.56. The van der Waals surface area contributed by atoms with Crippen molar-refractivity contribution >= 4 is 5.78 Å². The molecule has 0 bridgehead atoms. The molecule has 0 N–H and O–H groups in total. The lowest BCUT2D eigenvalue weighted by Gasteiger charge is -2.16. The van der Waals surface area contributed by atoms with E-state index in [1.165, 1.54) is 5.56 Å². The zero-order valence-corrected chi connectivity index (χ0v) is 13.3. The minimum absolute atomic E-state index is 0.133. The molecule has 1 aliphatic carbocycles. The molecule has 0 unspecified atom stereocenters. The minimum Gasteiger partial charge on any atom is -0.383 e. The molecule has 1 aromatic heterocycles. The fourth-order valence-corrected chi connectivity index (χ4v) is 3.01. The van der Waals surface area contributed by atoms with Crippen LogP contribution in [0.2, 0.25) is 0 Å². The van der Waals surface area contributed by atoms with Crippen molar-refractivity contribution in [3.05, 3.63) is 64.6 Å². The molecule has 3 rings (SSSR count). The molecule has 0 radical (unpaired) electrons. The van der Waals surface area contributed by atoms with E-state index in [1.54, 1.807) is 0 Å². The Morgan fingerprint density at radius 1 is 1.23 bits per heavy atom. The molecule has 1 aliphatic rings. The molecular formula is C18H21N3O. The highest BCUT2D eigenvalue weighted by molar-refractivity contribution is 6.11. The van der Waals surface area contributed by atoms with E-state index in [0.29, 0.717) is 0 Å².